The summed E-state index contributed by atoms with van der Waals surface area (Å²) in [5.74, 6) is 0.496. The van der Waals surface area contributed by atoms with Gasteiger partial charge in [0.2, 0.25) is 0 Å². The number of benzene rings is 3. The molecule has 3 aromatic rings. The van der Waals surface area contributed by atoms with Crippen molar-refractivity contribution in [2.75, 3.05) is 0 Å². The normalized spacial score (nSPS) is 11.7. The van der Waals surface area contributed by atoms with Crippen LogP contribution in [0.5, 0.6) is 5.75 Å². The van der Waals surface area contributed by atoms with E-state index in [0.29, 0.717) is 5.75 Å². The monoisotopic (exact) mass is 350 g/mol. The van der Waals surface area contributed by atoms with E-state index in [2.05, 4.69) is 86.4 Å². The zero-order valence-corrected chi connectivity index (χ0v) is 16.3. The van der Waals surface area contributed by atoms with Gasteiger partial charge in [0.1, 0.15) is 5.75 Å². The molecule has 0 saturated heterocycles. The molecule has 0 atom stereocenters. The minimum absolute atomic E-state index is 0.496. The molecule has 0 bridgehead atoms. The first kappa shape index (κ1) is 16.9. The van der Waals surface area contributed by atoms with Gasteiger partial charge in [-0.3, -0.25) is 0 Å². The minimum Gasteiger partial charge on any atom is -0.507 e. The van der Waals surface area contributed by atoms with Crippen LogP contribution in [0.1, 0.15) is 0 Å². The van der Waals surface area contributed by atoms with Gasteiger partial charge >= 0.3 is 0 Å². The average molecular weight is 350 g/mol. The molecule has 24 heavy (non-hydrogen) atoms. The molecule has 0 radical (unpaired) electrons. The second kappa shape index (κ2) is 6.92. The standard InChI is InChI=1S/C21H23OPSi/c1-24(2,3)20-16-10-15-19(21(20)22)23(17-11-6-4-7-12-17)18-13-8-5-9-14-18/h4-16,22H,1-3H3. The molecule has 122 valence electrons. The van der Waals surface area contributed by atoms with Crippen LogP contribution in [0, 0.1) is 0 Å². The summed E-state index contributed by atoms with van der Waals surface area (Å²) in [6, 6.07) is 27.3. The zero-order chi connectivity index (χ0) is 17.2. The summed E-state index contributed by atoms with van der Waals surface area (Å²) in [4.78, 5) is 0. The maximum absolute atomic E-state index is 11.1. The molecule has 0 heterocycles. The lowest BCUT2D eigenvalue weighted by molar-refractivity contribution is 0.483. The van der Waals surface area contributed by atoms with Gasteiger partial charge in [-0.1, -0.05) is 98.5 Å². The summed E-state index contributed by atoms with van der Waals surface area (Å²) >= 11 is 0. The number of rotatable bonds is 4. The van der Waals surface area contributed by atoms with Gasteiger partial charge in [0.05, 0.1) is 8.07 Å². The lowest BCUT2D eigenvalue weighted by atomic mass is 10.3. The van der Waals surface area contributed by atoms with Crippen LogP contribution in [0.4, 0.5) is 0 Å². The van der Waals surface area contributed by atoms with Crippen LogP contribution in [0.3, 0.4) is 0 Å². The molecule has 0 saturated carbocycles. The Morgan fingerprint density at radius 2 is 1.17 bits per heavy atom. The van der Waals surface area contributed by atoms with Gasteiger partial charge in [0, 0.05) is 5.30 Å². The summed E-state index contributed by atoms with van der Waals surface area (Å²) in [6.07, 6.45) is 0. The average Bonchev–Trinajstić information content (AvgIpc) is 2.58. The molecule has 3 aromatic carbocycles. The number of para-hydroxylation sites is 1. The predicted molar refractivity (Wildman–Crippen MR) is 110 cm³/mol. The third-order valence-electron chi connectivity index (χ3n) is 4.09. The quantitative estimate of drug-likeness (QED) is 0.562. The number of phenolic OH excluding ortho intramolecular Hbond substituents is 1. The number of phenols is 1. The Balaban J connectivity index is 2.21. The largest absolute Gasteiger partial charge is 0.507 e. The van der Waals surface area contributed by atoms with E-state index in [-0.39, 0.29) is 0 Å². The van der Waals surface area contributed by atoms with Crippen molar-refractivity contribution in [1.29, 1.82) is 0 Å². The van der Waals surface area contributed by atoms with Crippen molar-refractivity contribution >= 4 is 37.1 Å². The van der Waals surface area contributed by atoms with E-state index in [0.717, 1.165) is 10.5 Å². The summed E-state index contributed by atoms with van der Waals surface area (Å²) in [5.41, 5.74) is 0. The molecular formula is C21H23OPSi. The van der Waals surface area contributed by atoms with E-state index in [9.17, 15) is 5.11 Å². The highest BCUT2D eigenvalue weighted by Gasteiger charge is 2.26. The molecule has 3 rings (SSSR count). The first-order chi connectivity index (χ1) is 11.5. The van der Waals surface area contributed by atoms with Crippen molar-refractivity contribution in [1.82, 2.24) is 0 Å². The molecule has 0 amide bonds. The van der Waals surface area contributed by atoms with Gasteiger partial charge in [-0.05, 0) is 23.7 Å². The molecule has 0 aliphatic heterocycles. The van der Waals surface area contributed by atoms with Gasteiger partial charge in [-0.25, -0.2) is 0 Å². The van der Waals surface area contributed by atoms with Crippen molar-refractivity contribution < 1.29 is 5.11 Å². The fraction of sp³-hybridized carbons (Fsp3) is 0.143. The molecule has 0 unspecified atom stereocenters. The topological polar surface area (TPSA) is 20.2 Å². The van der Waals surface area contributed by atoms with E-state index in [1.807, 2.05) is 12.1 Å². The van der Waals surface area contributed by atoms with Crippen LogP contribution >= 0.6 is 7.92 Å². The molecule has 0 aliphatic carbocycles. The maximum atomic E-state index is 11.1. The van der Waals surface area contributed by atoms with Gasteiger partial charge in [-0.2, -0.15) is 0 Å². The Bertz CT molecular complexity index is 771. The Labute approximate surface area is 146 Å². The molecular weight excluding hydrogens is 327 g/mol. The predicted octanol–water partition coefficient (Wildman–Crippen LogP) is 3.70. The van der Waals surface area contributed by atoms with Crippen LogP contribution in [-0.4, -0.2) is 13.2 Å². The van der Waals surface area contributed by atoms with Crippen LogP contribution in [0.2, 0.25) is 19.6 Å². The highest BCUT2D eigenvalue weighted by atomic mass is 31.1. The van der Waals surface area contributed by atoms with E-state index < -0.39 is 16.0 Å². The molecule has 0 spiro atoms. The van der Waals surface area contributed by atoms with Gasteiger partial charge < -0.3 is 5.11 Å². The summed E-state index contributed by atoms with van der Waals surface area (Å²) < 4.78 is 0. The smallest absolute Gasteiger partial charge is 0.123 e. The van der Waals surface area contributed by atoms with Crippen molar-refractivity contribution in [2.45, 2.75) is 19.6 Å². The number of hydrogen-bond donors (Lipinski definition) is 1. The van der Waals surface area contributed by atoms with Crippen molar-refractivity contribution in [3.8, 4) is 5.75 Å². The lowest BCUT2D eigenvalue weighted by Crippen LogP contribution is -2.40. The fourth-order valence-electron chi connectivity index (χ4n) is 2.90. The fourth-order valence-corrected chi connectivity index (χ4v) is 6.81. The van der Waals surface area contributed by atoms with Crippen molar-refractivity contribution in [2.24, 2.45) is 0 Å². The summed E-state index contributed by atoms with van der Waals surface area (Å²) in [7, 11) is -2.35. The second-order valence-electron chi connectivity index (χ2n) is 6.93. The first-order valence-corrected chi connectivity index (χ1v) is 13.1. The van der Waals surface area contributed by atoms with Crippen LogP contribution < -0.4 is 21.1 Å². The van der Waals surface area contributed by atoms with Crippen LogP contribution in [0.15, 0.2) is 78.9 Å². The highest BCUT2D eigenvalue weighted by molar-refractivity contribution is 7.80. The lowest BCUT2D eigenvalue weighted by Gasteiger charge is -2.25. The van der Waals surface area contributed by atoms with E-state index in [1.54, 1.807) is 0 Å². The van der Waals surface area contributed by atoms with Gasteiger partial charge in [0.25, 0.3) is 0 Å². The van der Waals surface area contributed by atoms with Gasteiger partial charge in [0.15, 0.2) is 0 Å². The van der Waals surface area contributed by atoms with Gasteiger partial charge in [-0.15, -0.1) is 0 Å². The molecule has 1 N–H and O–H groups in total. The third-order valence-corrected chi connectivity index (χ3v) is 8.58. The minimum atomic E-state index is -1.60. The molecule has 0 fully saturated rings. The summed E-state index contributed by atoms with van der Waals surface area (Å²) in [6.45, 7) is 6.83. The summed E-state index contributed by atoms with van der Waals surface area (Å²) in [5, 5.41) is 15.8. The number of aromatic hydroxyl groups is 1. The van der Waals surface area contributed by atoms with E-state index in [1.165, 1.54) is 10.6 Å². The second-order valence-corrected chi connectivity index (χ2v) is 14.2. The molecule has 0 aliphatic rings. The zero-order valence-electron chi connectivity index (χ0n) is 14.4. The Morgan fingerprint density at radius 1 is 0.667 bits per heavy atom. The molecule has 0 aromatic heterocycles. The molecule has 1 nitrogen and oxygen atoms in total. The maximum Gasteiger partial charge on any atom is 0.123 e. The van der Waals surface area contributed by atoms with Crippen LogP contribution in [-0.2, 0) is 0 Å². The van der Waals surface area contributed by atoms with Crippen molar-refractivity contribution in [3.63, 3.8) is 0 Å². The van der Waals surface area contributed by atoms with E-state index >= 15 is 0 Å². The first-order valence-electron chi connectivity index (χ1n) is 8.21. The highest BCUT2D eigenvalue weighted by Crippen LogP contribution is 2.35. The molecule has 3 heteroatoms. The van der Waals surface area contributed by atoms with Crippen LogP contribution in [0.25, 0.3) is 0 Å². The van der Waals surface area contributed by atoms with Crippen molar-refractivity contribution in [3.05, 3.63) is 78.9 Å². The third kappa shape index (κ3) is 3.45. The SMILES string of the molecule is C[Si](C)(C)c1cccc(P(c2ccccc2)c2ccccc2)c1O. The number of hydrogen-bond acceptors (Lipinski definition) is 1. The Hall–Kier alpha value is -1.89. The van der Waals surface area contributed by atoms with E-state index in [4.69, 9.17) is 0 Å². The Kier molecular flexibility index (Phi) is 4.89. The Morgan fingerprint density at radius 3 is 1.62 bits per heavy atom.